The largest absolute Gasteiger partial charge is 0.469 e. The number of hydrogen-bond acceptors (Lipinski definition) is 4. The van der Waals surface area contributed by atoms with Crippen molar-refractivity contribution in [1.29, 1.82) is 0 Å². The molecule has 0 aromatic carbocycles. The number of rotatable bonds is 8. The van der Waals surface area contributed by atoms with Crippen LogP contribution in [0, 0.1) is 0 Å². The predicted molar refractivity (Wildman–Crippen MR) is 60.2 cm³/mol. The fourth-order valence-electron chi connectivity index (χ4n) is 1.38. The number of amides is 1. The summed E-state index contributed by atoms with van der Waals surface area (Å²) < 4.78 is 41.2. The van der Waals surface area contributed by atoms with Crippen molar-refractivity contribution in [2.75, 3.05) is 26.8 Å². The Morgan fingerprint density at radius 1 is 1.21 bits per heavy atom. The number of hydrogen-bond donors (Lipinski definition) is 1. The number of carbonyl (C=O) groups is 2. The van der Waals surface area contributed by atoms with Crippen LogP contribution in [-0.4, -0.2) is 54.9 Å². The Kier molecular flexibility index (Phi) is 8.13. The molecule has 0 aliphatic carbocycles. The summed E-state index contributed by atoms with van der Waals surface area (Å²) >= 11 is 0. The molecule has 0 saturated carbocycles. The summed E-state index contributed by atoms with van der Waals surface area (Å²) in [7, 11) is 1.12. The molecule has 0 radical (unpaired) electrons. The zero-order chi connectivity index (χ0) is 14.9. The van der Waals surface area contributed by atoms with E-state index in [1.165, 1.54) is 0 Å². The van der Waals surface area contributed by atoms with Crippen molar-refractivity contribution in [3.8, 4) is 0 Å². The molecule has 0 bridgehead atoms. The Morgan fingerprint density at radius 2 is 1.84 bits per heavy atom. The molecule has 0 aliphatic heterocycles. The van der Waals surface area contributed by atoms with Crippen LogP contribution in [0.5, 0.6) is 0 Å². The number of nitrogens with zero attached hydrogens (tertiary/aromatic N) is 1. The van der Waals surface area contributed by atoms with Crippen molar-refractivity contribution in [1.82, 2.24) is 4.90 Å². The number of aliphatic hydroxyl groups is 1. The number of aliphatic hydroxyl groups excluding tert-OH is 1. The molecule has 0 aromatic rings. The summed E-state index contributed by atoms with van der Waals surface area (Å²) in [5.41, 5.74) is 0. The SMILES string of the molecule is COC(=O)CCN(CC(F)(F)F)C(=O)CCCCO. The van der Waals surface area contributed by atoms with Gasteiger partial charge in [0, 0.05) is 19.6 Å². The van der Waals surface area contributed by atoms with E-state index in [0.29, 0.717) is 17.7 Å². The maximum atomic E-state index is 12.3. The highest BCUT2D eigenvalue weighted by Crippen LogP contribution is 2.17. The predicted octanol–water partition coefficient (Wildman–Crippen LogP) is 1.10. The van der Waals surface area contributed by atoms with Crippen LogP contribution in [0.1, 0.15) is 25.7 Å². The van der Waals surface area contributed by atoms with E-state index in [1.807, 2.05) is 0 Å². The molecule has 5 nitrogen and oxygen atoms in total. The van der Waals surface area contributed by atoms with Crippen LogP contribution in [0.15, 0.2) is 0 Å². The van der Waals surface area contributed by atoms with Crippen LogP contribution in [-0.2, 0) is 14.3 Å². The van der Waals surface area contributed by atoms with E-state index in [4.69, 9.17) is 5.11 Å². The van der Waals surface area contributed by atoms with Gasteiger partial charge < -0.3 is 14.7 Å². The van der Waals surface area contributed by atoms with Crippen molar-refractivity contribution < 1.29 is 32.6 Å². The molecule has 1 amide bonds. The van der Waals surface area contributed by atoms with Gasteiger partial charge in [0.05, 0.1) is 13.5 Å². The monoisotopic (exact) mass is 285 g/mol. The zero-order valence-corrected chi connectivity index (χ0v) is 10.7. The molecule has 0 rings (SSSR count). The third kappa shape index (κ3) is 9.29. The van der Waals surface area contributed by atoms with Gasteiger partial charge in [0.25, 0.3) is 0 Å². The summed E-state index contributed by atoms with van der Waals surface area (Å²) in [6.07, 6.45) is -4.22. The lowest BCUT2D eigenvalue weighted by Crippen LogP contribution is -2.40. The highest BCUT2D eigenvalue weighted by molar-refractivity contribution is 5.77. The average molecular weight is 285 g/mol. The first-order chi connectivity index (χ1) is 8.80. The van der Waals surface area contributed by atoms with Gasteiger partial charge in [-0.15, -0.1) is 0 Å². The van der Waals surface area contributed by atoms with Crippen molar-refractivity contribution in [2.24, 2.45) is 0 Å². The second-order valence-corrected chi connectivity index (χ2v) is 3.94. The second-order valence-electron chi connectivity index (χ2n) is 3.94. The maximum absolute atomic E-state index is 12.3. The van der Waals surface area contributed by atoms with Gasteiger partial charge in [-0.1, -0.05) is 0 Å². The van der Waals surface area contributed by atoms with Gasteiger partial charge in [0.15, 0.2) is 0 Å². The molecule has 0 spiro atoms. The van der Waals surface area contributed by atoms with E-state index in [2.05, 4.69) is 4.74 Å². The molecule has 112 valence electrons. The zero-order valence-electron chi connectivity index (χ0n) is 10.7. The molecular weight excluding hydrogens is 267 g/mol. The fourth-order valence-corrected chi connectivity index (χ4v) is 1.38. The number of unbranched alkanes of at least 4 members (excludes halogenated alkanes) is 1. The first-order valence-electron chi connectivity index (χ1n) is 5.82. The van der Waals surface area contributed by atoms with E-state index < -0.39 is 24.6 Å². The first kappa shape index (κ1) is 17.7. The van der Waals surface area contributed by atoms with Gasteiger partial charge in [0.1, 0.15) is 6.54 Å². The lowest BCUT2D eigenvalue weighted by molar-refractivity contribution is -0.162. The fraction of sp³-hybridized carbons (Fsp3) is 0.818. The summed E-state index contributed by atoms with van der Waals surface area (Å²) in [6.45, 7) is -1.83. The highest BCUT2D eigenvalue weighted by atomic mass is 19.4. The lowest BCUT2D eigenvalue weighted by Gasteiger charge is -2.23. The third-order valence-corrected chi connectivity index (χ3v) is 2.34. The molecule has 0 aromatic heterocycles. The van der Waals surface area contributed by atoms with E-state index in [9.17, 15) is 22.8 Å². The Balaban J connectivity index is 4.39. The Morgan fingerprint density at radius 3 is 2.32 bits per heavy atom. The smallest absolute Gasteiger partial charge is 0.406 e. The molecule has 0 aliphatic rings. The minimum absolute atomic E-state index is 0.0855. The summed E-state index contributed by atoms with van der Waals surface area (Å²) in [5.74, 6) is -1.36. The topological polar surface area (TPSA) is 66.8 Å². The molecule has 0 unspecified atom stereocenters. The van der Waals surface area contributed by atoms with Crippen LogP contribution >= 0.6 is 0 Å². The minimum atomic E-state index is -4.51. The maximum Gasteiger partial charge on any atom is 0.406 e. The quantitative estimate of drug-likeness (QED) is 0.536. The average Bonchev–Trinajstić information content (AvgIpc) is 2.32. The van der Waals surface area contributed by atoms with Gasteiger partial charge in [-0.25, -0.2) is 0 Å². The number of esters is 1. The van der Waals surface area contributed by atoms with E-state index in [-0.39, 0.29) is 26.0 Å². The molecule has 0 saturated heterocycles. The standard InChI is InChI=1S/C11H18F3NO4/c1-19-10(18)5-6-15(8-11(12,13)14)9(17)4-2-3-7-16/h16H,2-8H2,1H3. The van der Waals surface area contributed by atoms with E-state index in [1.54, 1.807) is 0 Å². The normalized spacial score (nSPS) is 11.2. The molecule has 0 fully saturated rings. The number of methoxy groups -OCH3 is 1. The Hall–Kier alpha value is -1.31. The van der Waals surface area contributed by atoms with Gasteiger partial charge in [-0.2, -0.15) is 13.2 Å². The Bertz CT molecular complexity index is 294. The Labute approximate surface area is 109 Å². The van der Waals surface area contributed by atoms with Gasteiger partial charge in [-0.3, -0.25) is 9.59 Å². The van der Waals surface area contributed by atoms with Crippen LogP contribution in [0.3, 0.4) is 0 Å². The van der Waals surface area contributed by atoms with Crippen LogP contribution in [0.25, 0.3) is 0 Å². The number of alkyl halides is 3. The van der Waals surface area contributed by atoms with Crippen LogP contribution in [0.2, 0.25) is 0 Å². The van der Waals surface area contributed by atoms with Crippen molar-refractivity contribution in [3.05, 3.63) is 0 Å². The van der Waals surface area contributed by atoms with Crippen LogP contribution in [0.4, 0.5) is 13.2 Å². The van der Waals surface area contributed by atoms with Crippen molar-refractivity contribution in [3.63, 3.8) is 0 Å². The molecule has 0 heterocycles. The molecule has 0 atom stereocenters. The molecular formula is C11H18F3NO4. The van der Waals surface area contributed by atoms with Crippen LogP contribution < -0.4 is 0 Å². The van der Waals surface area contributed by atoms with Crippen molar-refractivity contribution in [2.45, 2.75) is 31.9 Å². The number of halogens is 3. The van der Waals surface area contributed by atoms with Gasteiger partial charge >= 0.3 is 12.1 Å². The van der Waals surface area contributed by atoms with E-state index >= 15 is 0 Å². The molecule has 19 heavy (non-hydrogen) atoms. The molecule has 8 heteroatoms. The summed E-state index contributed by atoms with van der Waals surface area (Å²) in [5, 5.41) is 8.55. The molecule has 1 N–H and O–H groups in total. The number of ether oxygens (including phenoxy) is 1. The van der Waals surface area contributed by atoms with Gasteiger partial charge in [0.2, 0.25) is 5.91 Å². The first-order valence-corrected chi connectivity index (χ1v) is 5.82. The summed E-state index contributed by atoms with van der Waals surface area (Å²) in [6, 6.07) is 0. The minimum Gasteiger partial charge on any atom is -0.469 e. The van der Waals surface area contributed by atoms with Crippen molar-refractivity contribution >= 4 is 11.9 Å². The number of carbonyl (C=O) groups excluding carboxylic acids is 2. The van der Waals surface area contributed by atoms with Gasteiger partial charge in [-0.05, 0) is 12.8 Å². The third-order valence-electron chi connectivity index (χ3n) is 2.34. The lowest BCUT2D eigenvalue weighted by atomic mass is 10.2. The summed E-state index contributed by atoms with van der Waals surface area (Å²) in [4.78, 5) is 23.1. The highest BCUT2D eigenvalue weighted by Gasteiger charge is 2.32. The van der Waals surface area contributed by atoms with E-state index in [0.717, 1.165) is 7.11 Å². The second kappa shape index (κ2) is 8.73.